The maximum absolute atomic E-state index is 9.59. The van der Waals surface area contributed by atoms with Gasteiger partial charge in [0.15, 0.2) is 0 Å². The van der Waals surface area contributed by atoms with Crippen molar-refractivity contribution in [3.05, 3.63) is 29.3 Å². The molecule has 0 aromatic heterocycles. The summed E-state index contributed by atoms with van der Waals surface area (Å²) in [5.41, 5.74) is 4.23. The van der Waals surface area contributed by atoms with E-state index in [2.05, 4.69) is 30.0 Å². The van der Waals surface area contributed by atoms with Crippen LogP contribution >= 0.6 is 0 Å². The first-order chi connectivity index (χ1) is 9.72. The van der Waals surface area contributed by atoms with Gasteiger partial charge in [0.25, 0.3) is 0 Å². The molecule has 0 bridgehead atoms. The molecule has 2 nitrogen and oxygen atoms in total. The van der Waals surface area contributed by atoms with Crippen LogP contribution in [0.3, 0.4) is 0 Å². The molecule has 3 rings (SSSR count). The van der Waals surface area contributed by atoms with Crippen LogP contribution in [0.2, 0.25) is 0 Å². The minimum atomic E-state index is 0.151. The third-order valence-electron chi connectivity index (χ3n) is 5.48. The highest BCUT2D eigenvalue weighted by Crippen LogP contribution is 2.45. The normalized spacial score (nSPS) is 22.2. The fraction of sp³-hybridized carbons (Fsp3) is 0.667. The fourth-order valence-electron chi connectivity index (χ4n) is 4.17. The van der Waals surface area contributed by atoms with Crippen molar-refractivity contribution in [3.63, 3.8) is 0 Å². The molecular formula is C18H27NO. The lowest BCUT2D eigenvalue weighted by atomic mass is 9.68. The van der Waals surface area contributed by atoms with Crippen LogP contribution in [0.5, 0.6) is 0 Å². The summed E-state index contributed by atoms with van der Waals surface area (Å²) in [4.78, 5) is 2.49. The Kier molecular flexibility index (Phi) is 4.02. The zero-order chi connectivity index (χ0) is 14.0. The van der Waals surface area contributed by atoms with Crippen molar-refractivity contribution in [1.82, 2.24) is 0 Å². The van der Waals surface area contributed by atoms with Crippen molar-refractivity contribution >= 4 is 5.69 Å². The lowest BCUT2D eigenvalue weighted by Crippen LogP contribution is -2.41. The van der Waals surface area contributed by atoms with Crippen molar-refractivity contribution in [3.8, 4) is 0 Å². The van der Waals surface area contributed by atoms with E-state index in [1.54, 1.807) is 0 Å². The van der Waals surface area contributed by atoms with Crippen molar-refractivity contribution in [2.24, 2.45) is 5.41 Å². The van der Waals surface area contributed by atoms with E-state index in [9.17, 15) is 5.11 Å². The van der Waals surface area contributed by atoms with Gasteiger partial charge in [0.05, 0.1) is 6.61 Å². The van der Waals surface area contributed by atoms with E-state index in [4.69, 9.17) is 0 Å². The minimum Gasteiger partial charge on any atom is -0.392 e. The number of hydrogen-bond acceptors (Lipinski definition) is 2. The fourth-order valence-corrected chi connectivity index (χ4v) is 4.17. The molecular weight excluding hydrogens is 246 g/mol. The summed E-state index contributed by atoms with van der Waals surface area (Å²) in [7, 11) is 0. The Balaban J connectivity index is 1.71. The molecule has 1 aromatic rings. The third kappa shape index (κ3) is 2.71. The van der Waals surface area contributed by atoms with E-state index in [-0.39, 0.29) is 6.61 Å². The number of anilines is 1. The molecule has 1 aromatic carbocycles. The number of aliphatic hydroxyl groups excluding tert-OH is 1. The predicted molar refractivity (Wildman–Crippen MR) is 84.1 cm³/mol. The van der Waals surface area contributed by atoms with Crippen LogP contribution < -0.4 is 4.90 Å². The number of benzene rings is 1. The highest BCUT2D eigenvalue weighted by atomic mass is 16.3. The number of piperidine rings is 1. The molecule has 1 spiro atoms. The number of nitrogens with zero attached hydrogens (tertiary/aromatic N) is 1. The number of hydrogen-bond donors (Lipinski definition) is 1. The maximum atomic E-state index is 9.59. The lowest BCUT2D eigenvalue weighted by molar-refractivity contribution is 0.144. The molecule has 1 saturated carbocycles. The second kappa shape index (κ2) is 5.77. The van der Waals surface area contributed by atoms with Crippen LogP contribution in [0.15, 0.2) is 18.2 Å². The van der Waals surface area contributed by atoms with Crippen LogP contribution in [-0.2, 0) is 6.61 Å². The Labute approximate surface area is 122 Å². The Bertz CT molecular complexity index is 452. The maximum Gasteiger partial charge on any atom is 0.0702 e. The Morgan fingerprint density at radius 1 is 1.05 bits per heavy atom. The molecule has 0 amide bonds. The number of rotatable bonds is 2. The van der Waals surface area contributed by atoms with Gasteiger partial charge in [-0.3, -0.25) is 0 Å². The number of aryl methyl sites for hydroxylation is 1. The van der Waals surface area contributed by atoms with Gasteiger partial charge in [-0.1, -0.05) is 37.0 Å². The molecule has 2 heteroatoms. The first-order valence-electron chi connectivity index (χ1n) is 8.18. The first-order valence-corrected chi connectivity index (χ1v) is 8.18. The first kappa shape index (κ1) is 13.9. The van der Waals surface area contributed by atoms with E-state index >= 15 is 0 Å². The molecule has 1 heterocycles. The Morgan fingerprint density at radius 2 is 1.75 bits per heavy atom. The van der Waals surface area contributed by atoms with E-state index in [0.717, 1.165) is 18.7 Å². The van der Waals surface area contributed by atoms with Crippen LogP contribution in [0.4, 0.5) is 5.69 Å². The van der Waals surface area contributed by atoms with Gasteiger partial charge in [0.2, 0.25) is 0 Å². The van der Waals surface area contributed by atoms with Crippen molar-refractivity contribution in [2.75, 3.05) is 18.0 Å². The summed E-state index contributed by atoms with van der Waals surface area (Å²) < 4.78 is 0. The van der Waals surface area contributed by atoms with Gasteiger partial charge in [-0.15, -0.1) is 0 Å². The van der Waals surface area contributed by atoms with Crippen molar-refractivity contribution in [2.45, 2.75) is 58.5 Å². The third-order valence-corrected chi connectivity index (χ3v) is 5.48. The van der Waals surface area contributed by atoms with Gasteiger partial charge in [-0.25, -0.2) is 0 Å². The highest BCUT2D eigenvalue weighted by molar-refractivity contribution is 5.55. The van der Waals surface area contributed by atoms with Crippen LogP contribution in [-0.4, -0.2) is 18.2 Å². The lowest BCUT2D eigenvalue weighted by Gasteiger charge is -2.45. The van der Waals surface area contributed by atoms with Gasteiger partial charge < -0.3 is 10.0 Å². The second-order valence-corrected chi connectivity index (χ2v) is 6.84. The highest BCUT2D eigenvalue weighted by Gasteiger charge is 2.35. The average Bonchev–Trinajstić information content (AvgIpc) is 2.49. The molecule has 2 fully saturated rings. The topological polar surface area (TPSA) is 23.5 Å². The summed E-state index contributed by atoms with van der Waals surface area (Å²) in [6, 6.07) is 6.49. The van der Waals surface area contributed by atoms with E-state index in [1.165, 1.54) is 56.2 Å². The van der Waals surface area contributed by atoms with Gasteiger partial charge >= 0.3 is 0 Å². The molecule has 0 radical (unpaired) electrons. The second-order valence-electron chi connectivity index (χ2n) is 6.84. The quantitative estimate of drug-likeness (QED) is 0.879. The molecule has 1 saturated heterocycles. The molecule has 1 aliphatic carbocycles. The zero-order valence-corrected chi connectivity index (χ0v) is 12.7. The van der Waals surface area contributed by atoms with E-state index in [0.29, 0.717) is 5.41 Å². The van der Waals surface area contributed by atoms with Crippen LogP contribution in [0, 0.1) is 12.3 Å². The van der Waals surface area contributed by atoms with Crippen LogP contribution in [0.25, 0.3) is 0 Å². The largest absolute Gasteiger partial charge is 0.392 e. The van der Waals surface area contributed by atoms with Gasteiger partial charge in [-0.2, -0.15) is 0 Å². The van der Waals surface area contributed by atoms with E-state index in [1.807, 2.05) is 0 Å². The van der Waals surface area contributed by atoms with Crippen LogP contribution in [0.1, 0.15) is 56.1 Å². The molecule has 0 unspecified atom stereocenters. The summed E-state index contributed by atoms with van der Waals surface area (Å²) in [5.74, 6) is 0. The molecule has 110 valence electrons. The summed E-state index contributed by atoms with van der Waals surface area (Å²) in [6.45, 7) is 4.57. The zero-order valence-electron chi connectivity index (χ0n) is 12.7. The van der Waals surface area contributed by atoms with Crippen molar-refractivity contribution in [1.29, 1.82) is 0 Å². The molecule has 2 aliphatic rings. The molecule has 0 atom stereocenters. The molecule has 1 aliphatic heterocycles. The predicted octanol–water partition coefficient (Wildman–Crippen LogP) is 4.04. The smallest absolute Gasteiger partial charge is 0.0702 e. The summed E-state index contributed by atoms with van der Waals surface area (Å²) in [5, 5.41) is 9.59. The molecule has 20 heavy (non-hydrogen) atoms. The number of aliphatic hydroxyl groups is 1. The average molecular weight is 273 g/mol. The van der Waals surface area contributed by atoms with Gasteiger partial charge in [0, 0.05) is 24.3 Å². The minimum absolute atomic E-state index is 0.151. The SMILES string of the molecule is Cc1ccc(N2CCC3(CCCCC3)CC2)c(CO)c1. The molecule has 1 N–H and O–H groups in total. The summed E-state index contributed by atoms with van der Waals surface area (Å²) >= 11 is 0. The Hall–Kier alpha value is -1.02. The van der Waals surface area contributed by atoms with E-state index < -0.39 is 0 Å². The van der Waals surface area contributed by atoms with Gasteiger partial charge in [0.1, 0.15) is 0 Å². The van der Waals surface area contributed by atoms with Gasteiger partial charge in [-0.05, 0) is 44.1 Å². The monoisotopic (exact) mass is 273 g/mol. The Morgan fingerprint density at radius 3 is 2.40 bits per heavy atom. The van der Waals surface area contributed by atoms with Crippen molar-refractivity contribution < 1.29 is 5.11 Å². The summed E-state index contributed by atoms with van der Waals surface area (Å²) in [6.07, 6.45) is 9.89. The standard InChI is InChI=1S/C18H27NO/c1-15-5-6-17(16(13-15)14-20)19-11-9-18(10-12-19)7-3-2-4-8-18/h5-6,13,20H,2-4,7-12,14H2,1H3.